The number of benzene rings is 1. The predicted octanol–water partition coefficient (Wildman–Crippen LogP) is 3.37. The molecule has 0 bridgehead atoms. The molecule has 0 saturated carbocycles. The molecular weight excluding hydrogens is 252 g/mol. The molecule has 2 rings (SSSR count). The maximum atomic E-state index is 4.38. The Hall–Kier alpha value is -1.09. The van der Waals surface area contributed by atoms with Gasteiger partial charge in [-0.3, -0.25) is 0 Å². The summed E-state index contributed by atoms with van der Waals surface area (Å²) in [7, 11) is 4.09. The van der Waals surface area contributed by atoms with Crippen molar-refractivity contribution in [2.45, 2.75) is 6.92 Å². The van der Waals surface area contributed by atoms with E-state index < -0.39 is 0 Å². The van der Waals surface area contributed by atoms with Crippen LogP contribution in [0.15, 0.2) is 28.9 Å². The first kappa shape index (κ1) is 10.4. The van der Waals surface area contributed by atoms with E-state index in [1.165, 1.54) is 11.1 Å². The van der Waals surface area contributed by atoms with Crippen LogP contribution in [0, 0.1) is 6.92 Å². The molecule has 2 nitrogen and oxygen atoms in total. The van der Waals surface area contributed by atoms with E-state index in [1.54, 1.807) is 0 Å². The van der Waals surface area contributed by atoms with E-state index in [-0.39, 0.29) is 0 Å². The third-order valence-electron chi connectivity index (χ3n) is 2.41. The van der Waals surface area contributed by atoms with E-state index in [1.807, 2.05) is 21.0 Å². The molecule has 0 unspecified atom stereocenters. The molecule has 3 heteroatoms. The average Bonchev–Trinajstić information content (AvgIpc) is 2.16. The molecule has 78 valence electrons. The Balaban J connectivity index is 2.71. The molecule has 0 aliphatic carbocycles. The molecule has 0 spiro atoms. The Labute approximate surface area is 98.1 Å². The van der Waals surface area contributed by atoms with Gasteiger partial charge in [-0.05, 0) is 52.5 Å². The van der Waals surface area contributed by atoms with Gasteiger partial charge >= 0.3 is 0 Å². The highest BCUT2D eigenvalue weighted by Crippen LogP contribution is 2.26. The molecule has 1 aromatic heterocycles. The Morgan fingerprint density at radius 3 is 2.60 bits per heavy atom. The second-order valence-corrected chi connectivity index (χ2v) is 4.61. The van der Waals surface area contributed by atoms with E-state index in [0.29, 0.717) is 0 Å². The van der Waals surface area contributed by atoms with Crippen molar-refractivity contribution in [2.24, 2.45) is 0 Å². The number of pyridine rings is 1. The fourth-order valence-corrected chi connectivity index (χ4v) is 2.25. The van der Waals surface area contributed by atoms with Crippen LogP contribution in [-0.2, 0) is 0 Å². The molecule has 0 atom stereocenters. The van der Waals surface area contributed by atoms with Crippen LogP contribution in [0.4, 0.5) is 5.69 Å². The molecule has 0 radical (unpaired) electrons. The summed E-state index contributed by atoms with van der Waals surface area (Å²) in [5.74, 6) is 0. The number of aryl methyl sites for hydroxylation is 1. The van der Waals surface area contributed by atoms with Crippen molar-refractivity contribution in [3.05, 3.63) is 34.6 Å². The van der Waals surface area contributed by atoms with Crippen molar-refractivity contribution in [2.75, 3.05) is 19.0 Å². The minimum atomic E-state index is 0.919. The predicted molar refractivity (Wildman–Crippen MR) is 68.5 cm³/mol. The van der Waals surface area contributed by atoms with Crippen LogP contribution in [0.3, 0.4) is 0 Å². The molecule has 1 heterocycles. The van der Waals surface area contributed by atoms with Gasteiger partial charge in [0.2, 0.25) is 0 Å². The summed E-state index contributed by atoms with van der Waals surface area (Å²) in [6.45, 7) is 2.01. The van der Waals surface area contributed by atoms with Crippen LogP contribution in [-0.4, -0.2) is 19.1 Å². The molecule has 0 amide bonds. The molecule has 0 saturated heterocycles. The summed E-state index contributed by atoms with van der Waals surface area (Å²) in [5.41, 5.74) is 2.24. The minimum absolute atomic E-state index is 0.919. The van der Waals surface area contributed by atoms with Gasteiger partial charge in [-0.25, -0.2) is 4.98 Å². The number of aromatic nitrogens is 1. The van der Waals surface area contributed by atoms with Crippen LogP contribution in [0.25, 0.3) is 10.8 Å². The number of halogens is 1. The summed E-state index contributed by atoms with van der Waals surface area (Å²) in [6, 6.07) is 8.48. The molecular formula is C12H13BrN2. The maximum Gasteiger partial charge on any atom is 0.114 e. The number of nitrogens with zero attached hydrogens (tertiary/aromatic N) is 2. The number of hydrogen-bond donors (Lipinski definition) is 0. The lowest BCUT2D eigenvalue weighted by Crippen LogP contribution is -2.08. The van der Waals surface area contributed by atoms with E-state index in [0.717, 1.165) is 15.7 Å². The summed E-state index contributed by atoms with van der Waals surface area (Å²) < 4.78 is 0.919. The van der Waals surface area contributed by atoms with Crippen molar-refractivity contribution >= 4 is 32.4 Å². The molecule has 0 fully saturated rings. The fraction of sp³-hybridized carbons (Fsp3) is 0.250. The van der Waals surface area contributed by atoms with Gasteiger partial charge in [-0.1, -0.05) is 0 Å². The third-order valence-corrected chi connectivity index (χ3v) is 3.02. The van der Waals surface area contributed by atoms with Crippen molar-refractivity contribution in [3.8, 4) is 0 Å². The normalized spacial score (nSPS) is 10.7. The average molecular weight is 265 g/mol. The summed E-state index contributed by atoms with van der Waals surface area (Å²) in [6.07, 6.45) is 0. The molecule has 0 aliphatic rings. The molecule has 15 heavy (non-hydrogen) atoms. The second kappa shape index (κ2) is 3.81. The van der Waals surface area contributed by atoms with E-state index in [9.17, 15) is 0 Å². The molecule has 1 aromatic carbocycles. The smallest absolute Gasteiger partial charge is 0.114 e. The third kappa shape index (κ3) is 1.97. The van der Waals surface area contributed by atoms with Gasteiger partial charge in [-0.15, -0.1) is 0 Å². The van der Waals surface area contributed by atoms with Gasteiger partial charge < -0.3 is 4.90 Å². The van der Waals surface area contributed by atoms with E-state index in [2.05, 4.69) is 50.1 Å². The van der Waals surface area contributed by atoms with Crippen molar-refractivity contribution in [3.63, 3.8) is 0 Å². The quantitative estimate of drug-likeness (QED) is 0.735. The molecule has 0 N–H and O–H groups in total. The van der Waals surface area contributed by atoms with Crippen LogP contribution >= 0.6 is 15.9 Å². The van der Waals surface area contributed by atoms with Crippen LogP contribution in [0.1, 0.15) is 5.69 Å². The highest BCUT2D eigenvalue weighted by molar-refractivity contribution is 9.10. The van der Waals surface area contributed by atoms with Gasteiger partial charge in [0.05, 0.1) is 0 Å². The Bertz CT molecular complexity index is 506. The van der Waals surface area contributed by atoms with Gasteiger partial charge in [0.25, 0.3) is 0 Å². The molecule has 0 aliphatic heterocycles. The highest BCUT2D eigenvalue weighted by atomic mass is 79.9. The SMILES string of the molecule is Cc1cc2cc(N(C)C)ccc2c(Br)n1. The van der Waals surface area contributed by atoms with Crippen molar-refractivity contribution < 1.29 is 0 Å². The summed E-state index contributed by atoms with van der Waals surface area (Å²) in [5, 5.41) is 2.38. The van der Waals surface area contributed by atoms with E-state index in [4.69, 9.17) is 0 Å². The lowest BCUT2D eigenvalue weighted by Gasteiger charge is -2.13. The minimum Gasteiger partial charge on any atom is -0.378 e. The van der Waals surface area contributed by atoms with Gasteiger partial charge in [0, 0.05) is 30.9 Å². The fourth-order valence-electron chi connectivity index (χ4n) is 1.61. The highest BCUT2D eigenvalue weighted by Gasteiger charge is 2.03. The van der Waals surface area contributed by atoms with Crippen LogP contribution in [0.5, 0.6) is 0 Å². The lowest BCUT2D eigenvalue weighted by molar-refractivity contribution is 1.13. The number of anilines is 1. The number of hydrogen-bond acceptors (Lipinski definition) is 2. The van der Waals surface area contributed by atoms with Crippen molar-refractivity contribution in [1.29, 1.82) is 0 Å². The Morgan fingerprint density at radius 2 is 1.93 bits per heavy atom. The summed E-state index contributed by atoms with van der Waals surface area (Å²) in [4.78, 5) is 6.48. The first-order valence-electron chi connectivity index (χ1n) is 4.82. The zero-order valence-electron chi connectivity index (χ0n) is 9.08. The van der Waals surface area contributed by atoms with Crippen LogP contribution < -0.4 is 4.90 Å². The maximum absolute atomic E-state index is 4.38. The largest absolute Gasteiger partial charge is 0.378 e. The first-order valence-corrected chi connectivity index (χ1v) is 5.61. The zero-order valence-corrected chi connectivity index (χ0v) is 10.7. The number of rotatable bonds is 1. The monoisotopic (exact) mass is 264 g/mol. The van der Waals surface area contributed by atoms with Gasteiger partial charge in [0.1, 0.15) is 4.60 Å². The van der Waals surface area contributed by atoms with Gasteiger partial charge in [0.15, 0.2) is 0 Å². The van der Waals surface area contributed by atoms with Crippen LogP contribution in [0.2, 0.25) is 0 Å². The molecule has 2 aromatic rings. The lowest BCUT2D eigenvalue weighted by atomic mass is 10.1. The van der Waals surface area contributed by atoms with Crippen molar-refractivity contribution in [1.82, 2.24) is 4.98 Å². The second-order valence-electron chi connectivity index (χ2n) is 3.85. The topological polar surface area (TPSA) is 16.1 Å². The zero-order chi connectivity index (χ0) is 11.0. The summed E-state index contributed by atoms with van der Waals surface area (Å²) >= 11 is 3.48. The van der Waals surface area contributed by atoms with Gasteiger partial charge in [-0.2, -0.15) is 0 Å². The standard InChI is InChI=1S/C12H13BrN2/c1-8-6-9-7-10(15(2)3)4-5-11(9)12(13)14-8/h4-7H,1-3H3. The first-order chi connectivity index (χ1) is 7.08. The Morgan fingerprint density at radius 1 is 1.20 bits per heavy atom. The number of fused-ring (bicyclic) bond motifs is 1. The van der Waals surface area contributed by atoms with E-state index >= 15 is 0 Å². The Kier molecular flexibility index (Phi) is 2.65.